The number of nitrogen functional groups attached to an aromatic ring is 1. The third-order valence-electron chi connectivity index (χ3n) is 3.78. The van der Waals surface area contributed by atoms with Crippen LogP contribution >= 0.6 is 0 Å². The molecule has 0 aromatic heterocycles. The summed E-state index contributed by atoms with van der Waals surface area (Å²) in [6.45, 7) is 6.68. The molecule has 1 aromatic rings. The fourth-order valence-corrected chi connectivity index (χ4v) is 3.21. The number of benzene rings is 1. The molecule has 20 heavy (non-hydrogen) atoms. The monoisotopic (exact) mass is 276 g/mol. The van der Waals surface area contributed by atoms with Gasteiger partial charge in [-0.1, -0.05) is 20.8 Å². The highest BCUT2D eigenvalue weighted by atomic mass is 16.6. The van der Waals surface area contributed by atoms with E-state index in [1.54, 1.807) is 24.3 Å². The van der Waals surface area contributed by atoms with Gasteiger partial charge in [0.25, 0.3) is 0 Å². The van der Waals surface area contributed by atoms with Crippen LogP contribution in [0.2, 0.25) is 0 Å². The molecule has 0 heterocycles. The van der Waals surface area contributed by atoms with Crippen LogP contribution in [-0.2, 0) is 4.74 Å². The highest BCUT2D eigenvalue weighted by molar-refractivity contribution is 5.84. The predicted octanol–water partition coefficient (Wildman–Crippen LogP) is 4.03. The van der Waals surface area contributed by atoms with Crippen molar-refractivity contribution in [1.82, 2.24) is 0 Å². The van der Waals surface area contributed by atoms with Gasteiger partial charge < -0.3 is 10.5 Å². The molecule has 2 unspecified atom stereocenters. The van der Waals surface area contributed by atoms with Crippen LogP contribution in [0.4, 0.5) is 16.2 Å². The van der Waals surface area contributed by atoms with Gasteiger partial charge in [-0.25, -0.2) is 4.79 Å². The van der Waals surface area contributed by atoms with E-state index in [0.29, 0.717) is 17.3 Å². The van der Waals surface area contributed by atoms with Crippen molar-refractivity contribution >= 4 is 17.5 Å². The molecule has 4 nitrogen and oxygen atoms in total. The molecular formula is C16H24N2O2. The molecule has 1 fully saturated rings. The second-order valence-corrected chi connectivity index (χ2v) is 6.69. The third kappa shape index (κ3) is 4.15. The van der Waals surface area contributed by atoms with Crippen LogP contribution in [0.15, 0.2) is 24.3 Å². The second-order valence-electron chi connectivity index (χ2n) is 6.69. The van der Waals surface area contributed by atoms with E-state index >= 15 is 0 Å². The number of hydrogen-bond donors (Lipinski definition) is 2. The van der Waals surface area contributed by atoms with Gasteiger partial charge in [-0.15, -0.1) is 0 Å². The minimum atomic E-state index is -0.385. The lowest BCUT2D eigenvalue weighted by atomic mass is 9.71. The Morgan fingerprint density at radius 2 is 1.95 bits per heavy atom. The molecule has 3 N–H and O–H groups in total. The van der Waals surface area contributed by atoms with Gasteiger partial charge in [-0.3, -0.25) is 5.32 Å². The lowest BCUT2D eigenvalue weighted by molar-refractivity contribution is 0.0250. The summed E-state index contributed by atoms with van der Waals surface area (Å²) >= 11 is 0. The summed E-state index contributed by atoms with van der Waals surface area (Å²) in [5.74, 6) is 0.591. The number of carbonyl (C=O) groups is 1. The average molecular weight is 276 g/mol. The van der Waals surface area contributed by atoms with Crippen LogP contribution in [0.5, 0.6) is 0 Å². The fraction of sp³-hybridized carbons (Fsp3) is 0.562. The standard InChI is InChI=1S/C16H24N2O2/c1-11-8-14(10-16(2,3)9-11)20-15(19)18-13-6-4-12(17)5-7-13/h4-7,11,14H,8-10,17H2,1-3H3,(H,18,19). The van der Waals surface area contributed by atoms with E-state index in [2.05, 4.69) is 26.1 Å². The SMILES string of the molecule is CC1CC(OC(=O)Nc2ccc(N)cc2)CC(C)(C)C1. The van der Waals surface area contributed by atoms with Crippen LogP contribution in [0.25, 0.3) is 0 Å². The van der Waals surface area contributed by atoms with Gasteiger partial charge in [-0.05, 0) is 54.9 Å². The van der Waals surface area contributed by atoms with Crippen LogP contribution < -0.4 is 11.1 Å². The molecule has 1 aromatic carbocycles. The molecule has 0 bridgehead atoms. The molecular weight excluding hydrogens is 252 g/mol. The predicted molar refractivity (Wildman–Crippen MR) is 81.5 cm³/mol. The molecule has 1 aliphatic rings. The quantitative estimate of drug-likeness (QED) is 0.801. The zero-order chi connectivity index (χ0) is 14.8. The molecule has 0 spiro atoms. The van der Waals surface area contributed by atoms with Crippen molar-refractivity contribution in [3.63, 3.8) is 0 Å². The van der Waals surface area contributed by atoms with Crippen molar-refractivity contribution in [2.24, 2.45) is 11.3 Å². The second kappa shape index (κ2) is 5.73. The number of amides is 1. The van der Waals surface area contributed by atoms with E-state index in [9.17, 15) is 4.79 Å². The molecule has 0 aliphatic heterocycles. The van der Waals surface area contributed by atoms with Crippen molar-refractivity contribution < 1.29 is 9.53 Å². The number of hydrogen-bond acceptors (Lipinski definition) is 3. The van der Waals surface area contributed by atoms with E-state index in [1.807, 2.05) is 0 Å². The van der Waals surface area contributed by atoms with Crippen LogP contribution in [-0.4, -0.2) is 12.2 Å². The minimum absolute atomic E-state index is 0.00234. The Hall–Kier alpha value is -1.71. The summed E-state index contributed by atoms with van der Waals surface area (Å²) in [5, 5.41) is 2.74. The maximum absolute atomic E-state index is 11.9. The number of rotatable bonds is 2. The Labute approximate surface area is 120 Å². The first-order valence-electron chi connectivity index (χ1n) is 7.17. The van der Waals surface area contributed by atoms with Gasteiger partial charge in [0.15, 0.2) is 0 Å². The van der Waals surface area contributed by atoms with Gasteiger partial charge in [0.2, 0.25) is 0 Å². The van der Waals surface area contributed by atoms with E-state index in [-0.39, 0.29) is 17.6 Å². The van der Waals surface area contributed by atoms with Gasteiger partial charge >= 0.3 is 6.09 Å². The van der Waals surface area contributed by atoms with Crippen LogP contribution in [0, 0.1) is 11.3 Å². The Morgan fingerprint density at radius 1 is 1.30 bits per heavy atom. The molecule has 2 atom stereocenters. The van der Waals surface area contributed by atoms with Crippen molar-refractivity contribution in [2.75, 3.05) is 11.1 Å². The molecule has 0 saturated heterocycles. The van der Waals surface area contributed by atoms with Crippen molar-refractivity contribution in [1.29, 1.82) is 0 Å². The van der Waals surface area contributed by atoms with Crippen molar-refractivity contribution in [3.05, 3.63) is 24.3 Å². The highest BCUT2D eigenvalue weighted by Crippen LogP contribution is 2.39. The summed E-state index contributed by atoms with van der Waals surface area (Å²) in [6.07, 6.45) is 2.67. The molecule has 4 heteroatoms. The molecule has 1 amide bonds. The maximum atomic E-state index is 11.9. The van der Waals surface area contributed by atoms with Crippen LogP contribution in [0.1, 0.15) is 40.0 Å². The van der Waals surface area contributed by atoms with E-state index in [4.69, 9.17) is 10.5 Å². The Bertz CT molecular complexity index is 468. The number of carbonyl (C=O) groups excluding carboxylic acids is 1. The number of ether oxygens (including phenoxy) is 1. The normalized spacial score (nSPS) is 24.9. The number of nitrogens with one attached hydrogen (secondary N) is 1. The Morgan fingerprint density at radius 3 is 2.55 bits per heavy atom. The zero-order valence-corrected chi connectivity index (χ0v) is 12.5. The first-order chi connectivity index (χ1) is 9.34. The minimum Gasteiger partial charge on any atom is -0.446 e. The van der Waals surface area contributed by atoms with Gasteiger partial charge in [0.1, 0.15) is 6.10 Å². The summed E-state index contributed by atoms with van der Waals surface area (Å²) in [6, 6.07) is 7.04. The molecule has 2 rings (SSSR count). The maximum Gasteiger partial charge on any atom is 0.411 e. The lowest BCUT2D eigenvalue weighted by Gasteiger charge is -2.38. The smallest absolute Gasteiger partial charge is 0.411 e. The van der Waals surface area contributed by atoms with E-state index < -0.39 is 0 Å². The van der Waals surface area contributed by atoms with Crippen LogP contribution in [0.3, 0.4) is 0 Å². The topological polar surface area (TPSA) is 64.3 Å². The largest absolute Gasteiger partial charge is 0.446 e. The van der Waals surface area contributed by atoms with Gasteiger partial charge in [0.05, 0.1) is 0 Å². The molecule has 110 valence electrons. The van der Waals surface area contributed by atoms with Gasteiger partial charge in [-0.2, -0.15) is 0 Å². The molecule has 0 radical (unpaired) electrons. The summed E-state index contributed by atoms with van der Waals surface area (Å²) in [5.41, 5.74) is 7.22. The fourth-order valence-electron chi connectivity index (χ4n) is 3.21. The molecule has 1 saturated carbocycles. The summed E-state index contributed by atoms with van der Waals surface area (Å²) in [7, 11) is 0. The Kier molecular flexibility index (Phi) is 4.21. The zero-order valence-electron chi connectivity index (χ0n) is 12.5. The van der Waals surface area contributed by atoms with E-state index in [0.717, 1.165) is 12.8 Å². The summed E-state index contributed by atoms with van der Waals surface area (Å²) < 4.78 is 5.55. The number of anilines is 2. The van der Waals surface area contributed by atoms with Crippen molar-refractivity contribution in [2.45, 2.75) is 46.1 Å². The van der Waals surface area contributed by atoms with Crippen molar-refractivity contribution in [3.8, 4) is 0 Å². The third-order valence-corrected chi connectivity index (χ3v) is 3.78. The van der Waals surface area contributed by atoms with Gasteiger partial charge in [0, 0.05) is 11.4 Å². The lowest BCUT2D eigenvalue weighted by Crippen LogP contribution is -2.34. The first-order valence-corrected chi connectivity index (χ1v) is 7.17. The molecule has 1 aliphatic carbocycles. The Balaban J connectivity index is 1.89. The first kappa shape index (κ1) is 14.7. The number of nitrogens with two attached hydrogens (primary N) is 1. The summed E-state index contributed by atoms with van der Waals surface area (Å²) in [4.78, 5) is 11.9. The van der Waals surface area contributed by atoms with E-state index in [1.165, 1.54) is 6.42 Å². The average Bonchev–Trinajstić information content (AvgIpc) is 2.29. The highest BCUT2D eigenvalue weighted by Gasteiger charge is 2.33.